The normalized spacial score (nSPS) is 22.9. The summed E-state index contributed by atoms with van der Waals surface area (Å²) in [5, 5.41) is 3.54. The molecule has 3 aromatic rings. The van der Waals surface area contributed by atoms with E-state index in [1.165, 1.54) is 0 Å². The first-order valence-electron chi connectivity index (χ1n) is 9.83. The Labute approximate surface area is 181 Å². The number of halogens is 3. The van der Waals surface area contributed by atoms with E-state index in [-0.39, 0.29) is 11.7 Å². The van der Waals surface area contributed by atoms with Crippen LogP contribution in [0.25, 0.3) is 0 Å². The molecular weight excluding hydrogens is 452 g/mol. The van der Waals surface area contributed by atoms with Crippen molar-refractivity contribution in [2.75, 3.05) is 0 Å². The van der Waals surface area contributed by atoms with Crippen LogP contribution >= 0.6 is 15.9 Å². The molecule has 1 aliphatic heterocycles. The minimum absolute atomic E-state index is 0.238. The highest BCUT2D eigenvalue weighted by atomic mass is 79.9. The molecule has 1 aliphatic carbocycles. The third-order valence-electron chi connectivity index (χ3n) is 5.84. The van der Waals surface area contributed by atoms with Gasteiger partial charge in [0.1, 0.15) is 11.9 Å². The van der Waals surface area contributed by atoms with Crippen molar-refractivity contribution in [1.29, 1.82) is 0 Å². The zero-order valence-corrected chi connectivity index (χ0v) is 17.6. The van der Waals surface area contributed by atoms with Gasteiger partial charge >= 0.3 is 6.61 Å². The Morgan fingerprint density at radius 3 is 2.63 bits per heavy atom. The second kappa shape index (κ2) is 7.41. The summed E-state index contributed by atoms with van der Waals surface area (Å²) < 4.78 is 31.7. The third kappa shape index (κ3) is 3.21. The van der Waals surface area contributed by atoms with Gasteiger partial charge in [0.05, 0.1) is 11.2 Å². The number of alkyl halides is 2. The number of nitrogens with two attached hydrogens (primary N) is 1. The van der Waals surface area contributed by atoms with Gasteiger partial charge in [0, 0.05) is 16.2 Å². The number of hydrogen-bond acceptors (Lipinski definition) is 4. The van der Waals surface area contributed by atoms with E-state index < -0.39 is 18.3 Å². The molecule has 0 spiro atoms. The highest BCUT2D eigenvalue weighted by Gasteiger charge is 2.46. The van der Waals surface area contributed by atoms with Crippen molar-refractivity contribution in [3.63, 3.8) is 0 Å². The van der Waals surface area contributed by atoms with E-state index >= 15 is 0 Å². The van der Waals surface area contributed by atoms with Gasteiger partial charge in [0.2, 0.25) is 0 Å². The molecule has 2 atom stereocenters. The van der Waals surface area contributed by atoms with Crippen LogP contribution in [-0.4, -0.2) is 11.6 Å². The van der Waals surface area contributed by atoms with Crippen LogP contribution in [0.15, 0.2) is 65.3 Å². The molecule has 7 heteroatoms. The first kappa shape index (κ1) is 19.6. The predicted molar refractivity (Wildman–Crippen MR) is 113 cm³/mol. The molecule has 2 heterocycles. The van der Waals surface area contributed by atoms with E-state index in [0.717, 1.165) is 45.3 Å². The van der Waals surface area contributed by atoms with E-state index in [1.807, 2.05) is 48.5 Å². The van der Waals surface area contributed by atoms with E-state index in [0.29, 0.717) is 0 Å². The van der Waals surface area contributed by atoms with Crippen molar-refractivity contribution in [3.05, 3.63) is 93.2 Å². The molecule has 2 unspecified atom stereocenters. The van der Waals surface area contributed by atoms with Gasteiger partial charge in [-0.3, -0.25) is 10.3 Å². The topological polar surface area (TPSA) is 60.2 Å². The van der Waals surface area contributed by atoms with Gasteiger partial charge < -0.3 is 10.5 Å². The number of pyridine rings is 1. The van der Waals surface area contributed by atoms with Crippen molar-refractivity contribution in [1.82, 2.24) is 10.3 Å². The van der Waals surface area contributed by atoms with Crippen molar-refractivity contribution >= 4 is 15.9 Å². The zero-order valence-electron chi connectivity index (χ0n) is 16.0. The van der Waals surface area contributed by atoms with Crippen LogP contribution in [-0.2, 0) is 5.54 Å². The molecule has 30 heavy (non-hydrogen) atoms. The Morgan fingerprint density at radius 1 is 1.10 bits per heavy atom. The van der Waals surface area contributed by atoms with Gasteiger partial charge in [-0.15, -0.1) is 0 Å². The predicted octanol–water partition coefficient (Wildman–Crippen LogP) is 5.18. The van der Waals surface area contributed by atoms with Crippen LogP contribution in [0.1, 0.15) is 52.9 Å². The van der Waals surface area contributed by atoms with E-state index in [1.54, 1.807) is 12.3 Å². The summed E-state index contributed by atoms with van der Waals surface area (Å²) in [6, 6.07) is 17.4. The first-order chi connectivity index (χ1) is 14.5. The number of aromatic nitrogens is 1. The van der Waals surface area contributed by atoms with Crippen molar-refractivity contribution in [2.45, 2.75) is 37.1 Å². The maximum atomic E-state index is 13.0. The van der Waals surface area contributed by atoms with Crippen LogP contribution < -0.4 is 15.8 Å². The lowest BCUT2D eigenvalue weighted by Crippen LogP contribution is -2.42. The molecule has 154 valence electrons. The average molecular weight is 472 g/mol. The smallest absolute Gasteiger partial charge is 0.387 e. The standard InChI is InChI=1S/C23H20BrF2N3O/c24-16-4-1-3-14(11-16)23(18-5-2-10-28-20(18)21(27)29-23)15-8-9-19(30-22(25)26)17(12-15)13-6-7-13/h1-5,8-13,21-22,29H,6-7,27H2. The molecule has 0 amide bonds. The highest BCUT2D eigenvalue weighted by molar-refractivity contribution is 9.10. The Morgan fingerprint density at radius 2 is 1.90 bits per heavy atom. The number of nitrogens with one attached hydrogen (secondary N) is 1. The zero-order chi connectivity index (χ0) is 20.9. The van der Waals surface area contributed by atoms with Crippen LogP contribution in [0.4, 0.5) is 8.78 Å². The summed E-state index contributed by atoms with van der Waals surface area (Å²) in [5.74, 6) is 0.482. The van der Waals surface area contributed by atoms with E-state index in [9.17, 15) is 8.78 Å². The Hall–Kier alpha value is -2.35. The lowest BCUT2D eigenvalue weighted by Gasteiger charge is -2.33. The molecule has 0 bridgehead atoms. The molecule has 0 radical (unpaired) electrons. The van der Waals surface area contributed by atoms with Gasteiger partial charge in [0.15, 0.2) is 0 Å². The summed E-state index contributed by atoms with van der Waals surface area (Å²) in [6.07, 6.45) is 3.21. The largest absolute Gasteiger partial charge is 0.435 e. The highest BCUT2D eigenvalue weighted by Crippen LogP contribution is 2.49. The second-order valence-electron chi connectivity index (χ2n) is 7.72. The van der Waals surface area contributed by atoms with Gasteiger partial charge in [-0.25, -0.2) is 0 Å². The molecular formula is C23H20BrF2N3O. The van der Waals surface area contributed by atoms with Crippen LogP contribution in [0.3, 0.4) is 0 Å². The van der Waals surface area contributed by atoms with Gasteiger partial charge in [-0.2, -0.15) is 8.78 Å². The van der Waals surface area contributed by atoms with Crippen molar-refractivity contribution < 1.29 is 13.5 Å². The summed E-state index contributed by atoms with van der Waals surface area (Å²) >= 11 is 3.57. The Bertz CT molecular complexity index is 1110. The molecule has 3 N–H and O–H groups in total. The monoisotopic (exact) mass is 471 g/mol. The molecule has 2 aliphatic rings. The lowest BCUT2D eigenvalue weighted by atomic mass is 9.78. The minimum Gasteiger partial charge on any atom is -0.435 e. The summed E-state index contributed by atoms with van der Waals surface area (Å²) in [6.45, 7) is -2.85. The molecule has 1 saturated carbocycles. The fourth-order valence-electron chi connectivity index (χ4n) is 4.43. The Balaban J connectivity index is 1.74. The maximum absolute atomic E-state index is 13.0. The number of hydrogen-bond donors (Lipinski definition) is 2. The fourth-order valence-corrected chi connectivity index (χ4v) is 4.83. The number of fused-ring (bicyclic) bond motifs is 1. The van der Waals surface area contributed by atoms with Crippen LogP contribution in [0.2, 0.25) is 0 Å². The van der Waals surface area contributed by atoms with E-state index in [2.05, 4.69) is 26.2 Å². The summed E-state index contributed by atoms with van der Waals surface area (Å²) in [4.78, 5) is 4.51. The van der Waals surface area contributed by atoms with Crippen molar-refractivity contribution in [2.24, 2.45) is 5.73 Å². The summed E-state index contributed by atoms with van der Waals surface area (Å²) in [5.41, 5.74) is 10.1. The number of rotatable bonds is 5. The van der Waals surface area contributed by atoms with E-state index in [4.69, 9.17) is 10.5 Å². The first-order valence-corrected chi connectivity index (χ1v) is 10.6. The quantitative estimate of drug-likeness (QED) is 0.538. The van der Waals surface area contributed by atoms with Gasteiger partial charge in [-0.1, -0.05) is 40.2 Å². The second-order valence-corrected chi connectivity index (χ2v) is 8.64. The molecule has 1 fully saturated rings. The van der Waals surface area contributed by atoms with Gasteiger partial charge in [-0.05, 0) is 65.8 Å². The minimum atomic E-state index is -2.85. The Kier molecular flexibility index (Phi) is 4.84. The molecule has 5 rings (SSSR count). The molecule has 1 aromatic heterocycles. The van der Waals surface area contributed by atoms with Crippen LogP contribution in [0.5, 0.6) is 5.75 Å². The SMILES string of the molecule is NC1NC(c2cccc(Br)c2)(c2ccc(OC(F)F)c(C3CC3)c2)c2cccnc21. The van der Waals surface area contributed by atoms with Crippen LogP contribution in [0, 0.1) is 0 Å². The number of nitrogens with zero attached hydrogens (tertiary/aromatic N) is 1. The fraction of sp³-hybridized carbons (Fsp3) is 0.261. The lowest BCUT2D eigenvalue weighted by molar-refractivity contribution is -0.0504. The number of ether oxygens (including phenoxy) is 1. The average Bonchev–Trinajstić information content (AvgIpc) is 3.53. The maximum Gasteiger partial charge on any atom is 0.387 e. The van der Waals surface area contributed by atoms with Gasteiger partial charge in [0.25, 0.3) is 0 Å². The molecule has 2 aromatic carbocycles. The molecule has 0 saturated heterocycles. The molecule has 4 nitrogen and oxygen atoms in total. The van der Waals surface area contributed by atoms with Crippen molar-refractivity contribution in [3.8, 4) is 5.75 Å². The number of benzene rings is 2. The third-order valence-corrected chi connectivity index (χ3v) is 6.34. The summed E-state index contributed by atoms with van der Waals surface area (Å²) in [7, 11) is 0.